The van der Waals surface area contributed by atoms with Crippen molar-refractivity contribution in [2.45, 2.75) is 47.1 Å². The fourth-order valence-electron chi connectivity index (χ4n) is 2.55. The van der Waals surface area contributed by atoms with Gasteiger partial charge in [-0.25, -0.2) is 0 Å². The van der Waals surface area contributed by atoms with Crippen LogP contribution in [0.4, 0.5) is 0 Å². The number of rotatable bonds is 3. The van der Waals surface area contributed by atoms with Crippen molar-refractivity contribution in [2.24, 2.45) is 11.3 Å². The number of esters is 1. The molecule has 0 saturated carbocycles. The molecular weight excluding hydrogens is 228 g/mol. The summed E-state index contributed by atoms with van der Waals surface area (Å²) in [6.45, 7) is 9.39. The van der Waals surface area contributed by atoms with Crippen LogP contribution in [0.15, 0.2) is 23.8 Å². The maximum atomic E-state index is 11.5. The predicted octanol–water partition coefficient (Wildman–Crippen LogP) is 3.06. The third-order valence-corrected chi connectivity index (χ3v) is 3.28. The number of ether oxygens (including phenoxy) is 1. The molecule has 0 fully saturated rings. The average Bonchev–Trinajstić information content (AvgIpc) is 2.12. The standard InChI is InChI=1S/C15H22O3/c1-10-8-13(17)9-15(4,5)14(10)7-6-11(2)18-12(3)16/h6-8,11,14H,9H2,1-5H3. The summed E-state index contributed by atoms with van der Waals surface area (Å²) in [5, 5.41) is 0. The Morgan fingerprint density at radius 3 is 2.67 bits per heavy atom. The molecule has 0 aromatic carbocycles. The van der Waals surface area contributed by atoms with Gasteiger partial charge >= 0.3 is 5.97 Å². The molecule has 100 valence electrons. The molecular formula is C15H22O3. The first kappa shape index (κ1) is 14.7. The quantitative estimate of drug-likeness (QED) is 0.571. The van der Waals surface area contributed by atoms with Gasteiger partial charge in [-0.15, -0.1) is 0 Å². The van der Waals surface area contributed by atoms with E-state index in [1.165, 1.54) is 6.92 Å². The van der Waals surface area contributed by atoms with Crippen molar-refractivity contribution in [3.63, 3.8) is 0 Å². The highest BCUT2D eigenvalue weighted by Crippen LogP contribution is 2.40. The number of carbonyl (C=O) groups excluding carboxylic acids is 2. The lowest BCUT2D eigenvalue weighted by Crippen LogP contribution is -2.30. The van der Waals surface area contributed by atoms with Crippen LogP contribution in [0.2, 0.25) is 0 Å². The van der Waals surface area contributed by atoms with Crippen LogP contribution < -0.4 is 0 Å². The maximum Gasteiger partial charge on any atom is 0.303 e. The van der Waals surface area contributed by atoms with Gasteiger partial charge in [0.15, 0.2) is 5.78 Å². The van der Waals surface area contributed by atoms with Crippen LogP contribution in [0.1, 0.15) is 41.0 Å². The normalized spacial score (nSPS) is 24.8. The van der Waals surface area contributed by atoms with Gasteiger partial charge < -0.3 is 4.74 Å². The molecule has 0 heterocycles. The molecule has 2 atom stereocenters. The maximum absolute atomic E-state index is 11.5. The van der Waals surface area contributed by atoms with Crippen LogP contribution in [0.5, 0.6) is 0 Å². The monoisotopic (exact) mass is 250 g/mol. The number of ketones is 1. The molecule has 0 radical (unpaired) electrons. The molecule has 2 unspecified atom stereocenters. The Labute approximate surface area is 109 Å². The predicted molar refractivity (Wildman–Crippen MR) is 71.0 cm³/mol. The topological polar surface area (TPSA) is 43.4 Å². The molecule has 0 aliphatic heterocycles. The van der Waals surface area contributed by atoms with Gasteiger partial charge in [0, 0.05) is 19.3 Å². The molecule has 3 nitrogen and oxygen atoms in total. The number of hydrogen-bond donors (Lipinski definition) is 0. The molecule has 1 aliphatic rings. The summed E-state index contributed by atoms with van der Waals surface area (Å²) in [6, 6.07) is 0. The second-order valence-electron chi connectivity index (χ2n) is 5.70. The van der Waals surface area contributed by atoms with E-state index in [2.05, 4.69) is 13.8 Å². The van der Waals surface area contributed by atoms with E-state index in [0.717, 1.165) is 5.57 Å². The second kappa shape index (κ2) is 5.51. The molecule has 1 rings (SSSR count). The van der Waals surface area contributed by atoms with E-state index >= 15 is 0 Å². The summed E-state index contributed by atoms with van der Waals surface area (Å²) in [4.78, 5) is 22.4. The van der Waals surface area contributed by atoms with E-state index in [-0.39, 0.29) is 29.2 Å². The fourth-order valence-corrected chi connectivity index (χ4v) is 2.55. The molecule has 1 aliphatic carbocycles. The van der Waals surface area contributed by atoms with Crippen molar-refractivity contribution in [2.75, 3.05) is 0 Å². The Bertz CT molecular complexity index is 402. The fraction of sp³-hybridized carbons (Fsp3) is 0.600. The molecule has 0 aromatic rings. The SMILES string of the molecule is CC(=O)OC(C)C=CC1C(C)=CC(=O)CC1(C)C. The van der Waals surface area contributed by atoms with Crippen molar-refractivity contribution in [1.29, 1.82) is 0 Å². The third-order valence-electron chi connectivity index (χ3n) is 3.28. The lowest BCUT2D eigenvalue weighted by Gasteiger charge is -2.36. The number of carbonyl (C=O) groups is 2. The number of hydrogen-bond acceptors (Lipinski definition) is 3. The van der Waals surface area contributed by atoms with E-state index in [4.69, 9.17) is 4.74 Å². The van der Waals surface area contributed by atoms with Gasteiger partial charge in [0.2, 0.25) is 0 Å². The summed E-state index contributed by atoms with van der Waals surface area (Å²) in [5.74, 6) is 0.126. The highest BCUT2D eigenvalue weighted by Gasteiger charge is 2.34. The summed E-state index contributed by atoms with van der Waals surface area (Å²) >= 11 is 0. The first-order chi connectivity index (χ1) is 8.22. The molecule has 3 heteroatoms. The van der Waals surface area contributed by atoms with Crippen LogP contribution in [0.25, 0.3) is 0 Å². The number of allylic oxidation sites excluding steroid dienone is 3. The van der Waals surface area contributed by atoms with Crippen LogP contribution in [0, 0.1) is 11.3 Å². The van der Waals surface area contributed by atoms with Crippen molar-refractivity contribution in [1.82, 2.24) is 0 Å². The van der Waals surface area contributed by atoms with Gasteiger partial charge in [-0.1, -0.05) is 25.5 Å². The lowest BCUT2D eigenvalue weighted by molar-refractivity contribution is -0.143. The van der Waals surface area contributed by atoms with Crippen LogP contribution in [-0.2, 0) is 14.3 Å². The van der Waals surface area contributed by atoms with Gasteiger partial charge in [0.25, 0.3) is 0 Å². The highest BCUT2D eigenvalue weighted by atomic mass is 16.5. The molecule has 0 aromatic heterocycles. The first-order valence-electron chi connectivity index (χ1n) is 6.29. The molecule has 0 spiro atoms. The lowest BCUT2D eigenvalue weighted by atomic mass is 9.68. The highest BCUT2D eigenvalue weighted by molar-refractivity contribution is 5.92. The summed E-state index contributed by atoms with van der Waals surface area (Å²) in [5.41, 5.74) is 0.991. The smallest absolute Gasteiger partial charge is 0.303 e. The van der Waals surface area contributed by atoms with Gasteiger partial charge in [-0.2, -0.15) is 0 Å². The van der Waals surface area contributed by atoms with Crippen LogP contribution in [-0.4, -0.2) is 17.9 Å². The largest absolute Gasteiger partial charge is 0.459 e. The van der Waals surface area contributed by atoms with Crippen LogP contribution >= 0.6 is 0 Å². The average molecular weight is 250 g/mol. The molecule has 0 N–H and O–H groups in total. The van der Waals surface area contributed by atoms with E-state index < -0.39 is 0 Å². The van der Waals surface area contributed by atoms with E-state index in [1.54, 1.807) is 6.08 Å². The van der Waals surface area contributed by atoms with Crippen molar-refractivity contribution >= 4 is 11.8 Å². The third kappa shape index (κ3) is 3.83. The second-order valence-corrected chi connectivity index (χ2v) is 5.70. The first-order valence-corrected chi connectivity index (χ1v) is 6.29. The Morgan fingerprint density at radius 2 is 2.17 bits per heavy atom. The van der Waals surface area contributed by atoms with Crippen molar-refractivity contribution < 1.29 is 14.3 Å². The summed E-state index contributed by atoms with van der Waals surface area (Å²) < 4.78 is 5.05. The Morgan fingerprint density at radius 1 is 1.56 bits per heavy atom. The molecule has 18 heavy (non-hydrogen) atoms. The van der Waals surface area contributed by atoms with Gasteiger partial charge in [0.1, 0.15) is 6.10 Å². The van der Waals surface area contributed by atoms with Gasteiger partial charge in [-0.05, 0) is 31.4 Å². The minimum absolute atomic E-state index is 0.0810. The van der Waals surface area contributed by atoms with E-state index in [1.807, 2.05) is 26.0 Å². The summed E-state index contributed by atoms with van der Waals surface area (Å²) in [6.07, 6.45) is 5.98. The van der Waals surface area contributed by atoms with Gasteiger partial charge in [-0.3, -0.25) is 9.59 Å². The zero-order chi connectivity index (χ0) is 13.9. The molecule has 0 saturated heterocycles. The van der Waals surface area contributed by atoms with E-state index in [0.29, 0.717) is 6.42 Å². The minimum Gasteiger partial charge on any atom is -0.459 e. The Hall–Kier alpha value is -1.38. The van der Waals surface area contributed by atoms with Crippen molar-refractivity contribution in [3.8, 4) is 0 Å². The van der Waals surface area contributed by atoms with Crippen LogP contribution in [0.3, 0.4) is 0 Å². The van der Waals surface area contributed by atoms with E-state index in [9.17, 15) is 9.59 Å². The van der Waals surface area contributed by atoms with Crippen molar-refractivity contribution in [3.05, 3.63) is 23.8 Å². The minimum atomic E-state index is -0.280. The molecule has 0 bridgehead atoms. The molecule has 0 amide bonds. The van der Waals surface area contributed by atoms with Gasteiger partial charge in [0.05, 0.1) is 0 Å². The summed E-state index contributed by atoms with van der Waals surface area (Å²) in [7, 11) is 0. The zero-order valence-electron chi connectivity index (χ0n) is 11.8. The zero-order valence-corrected chi connectivity index (χ0v) is 11.8. The Balaban J connectivity index is 2.81. The Kier molecular flexibility index (Phi) is 4.49.